The minimum Gasteiger partial charge on any atom is -0.444 e. The minimum absolute atomic E-state index is 0.0239. The van der Waals surface area contributed by atoms with Crippen molar-refractivity contribution in [3.63, 3.8) is 0 Å². The van der Waals surface area contributed by atoms with Crippen molar-refractivity contribution in [3.05, 3.63) is 35.1 Å². The number of nitrogens with zero attached hydrogens (tertiary/aromatic N) is 2. The standard InChI is InChI=1S/C29H40FN3O5/c1-29(2,3)38-28(36)33-22-7-6-19(11-22)26(33)25(34)13-21(27(31)35)10-18-5-4-17(12-24(18)30)20-8-9-32(14-20)23-15-37-16-23/h4-5,12,19-23,26H,6-11,13-16H2,1-3H3,(H2,31,35)/t19-,20?,21+,22+,26-/m0/s1. The fourth-order valence-electron chi connectivity index (χ4n) is 6.69. The summed E-state index contributed by atoms with van der Waals surface area (Å²) in [6.45, 7) is 8.80. The SMILES string of the molecule is CC(C)(C)OC(=O)N1[C@@H]2CC[C@@H](C2)[C@H]1C(=O)C[C@@H](Cc1ccc(C2CCN(C3COC3)C2)cc1F)C(N)=O. The maximum atomic E-state index is 15.2. The van der Waals surface area contributed by atoms with Crippen LogP contribution < -0.4 is 5.73 Å². The van der Waals surface area contributed by atoms with Gasteiger partial charge in [-0.05, 0) is 88.4 Å². The number of benzene rings is 1. The fourth-order valence-corrected chi connectivity index (χ4v) is 6.69. The van der Waals surface area contributed by atoms with Crippen LogP contribution in [0.5, 0.6) is 0 Å². The summed E-state index contributed by atoms with van der Waals surface area (Å²) in [5.41, 5.74) is 6.35. The molecule has 2 N–H and O–H groups in total. The first kappa shape index (κ1) is 27.1. The molecule has 1 aromatic rings. The summed E-state index contributed by atoms with van der Waals surface area (Å²) in [5.74, 6) is -1.73. The van der Waals surface area contributed by atoms with Gasteiger partial charge in [0, 0.05) is 24.9 Å². The van der Waals surface area contributed by atoms with Crippen molar-refractivity contribution in [2.24, 2.45) is 17.6 Å². The number of rotatable bonds is 8. The predicted octanol–water partition coefficient (Wildman–Crippen LogP) is 3.41. The van der Waals surface area contributed by atoms with E-state index < -0.39 is 29.6 Å². The molecule has 5 rings (SSSR count). The normalized spacial score (nSPS) is 28.4. The Bertz CT molecular complexity index is 1080. The monoisotopic (exact) mass is 529 g/mol. The first-order valence-corrected chi connectivity index (χ1v) is 13.9. The van der Waals surface area contributed by atoms with Crippen LogP contribution in [-0.4, -0.2) is 77.6 Å². The van der Waals surface area contributed by atoms with Gasteiger partial charge in [0.25, 0.3) is 0 Å². The number of likely N-dealkylation sites (tertiary alicyclic amines) is 2. The van der Waals surface area contributed by atoms with Gasteiger partial charge in [0.15, 0.2) is 5.78 Å². The van der Waals surface area contributed by atoms with E-state index in [1.807, 2.05) is 6.07 Å². The number of fused-ring (bicyclic) bond motifs is 2. The molecule has 4 fully saturated rings. The van der Waals surface area contributed by atoms with Gasteiger partial charge in [-0.3, -0.25) is 19.4 Å². The molecule has 3 saturated heterocycles. The zero-order valence-corrected chi connectivity index (χ0v) is 22.7. The number of hydrogen-bond donors (Lipinski definition) is 1. The average molecular weight is 530 g/mol. The van der Waals surface area contributed by atoms with Gasteiger partial charge in [-0.1, -0.05) is 12.1 Å². The third-order valence-electron chi connectivity index (χ3n) is 8.74. The molecule has 38 heavy (non-hydrogen) atoms. The van der Waals surface area contributed by atoms with E-state index in [1.165, 1.54) is 0 Å². The Morgan fingerprint density at radius 1 is 1.16 bits per heavy atom. The Hall–Kier alpha value is -2.52. The highest BCUT2D eigenvalue weighted by Crippen LogP contribution is 2.44. The molecule has 1 aliphatic carbocycles. The van der Waals surface area contributed by atoms with Crippen molar-refractivity contribution < 1.29 is 28.2 Å². The number of primary amides is 1. The number of hydrogen-bond acceptors (Lipinski definition) is 6. The van der Waals surface area contributed by atoms with Gasteiger partial charge in [0.2, 0.25) is 5.91 Å². The number of ether oxygens (including phenoxy) is 2. The largest absolute Gasteiger partial charge is 0.444 e. The molecule has 2 bridgehead atoms. The molecule has 2 amide bonds. The Labute approximate surface area is 224 Å². The summed E-state index contributed by atoms with van der Waals surface area (Å²) >= 11 is 0. The van der Waals surface area contributed by atoms with Gasteiger partial charge in [0.1, 0.15) is 11.4 Å². The van der Waals surface area contributed by atoms with Gasteiger partial charge in [-0.25, -0.2) is 9.18 Å². The molecule has 208 valence electrons. The predicted molar refractivity (Wildman–Crippen MR) is 139 cm³/mol. The third kappa shape index (κ3) is 5.59. The molecule has 5 atom stereocenters. The first-order chi connectivity index (χ1) is 18.0. The van der Waals surface area contributed by atoms with E-state index in [0.29, 0.717) is 11.6 Å². The molecule has 8 nitrogen and oxygen atoms in total. The van der Waals surface area contributed by atoms with Gasteiger partial charge in [-0.2, -0.15) is 0 Å². The van der Waals surface area contributed by atoms with Crippen molar-refractivity contribution in [3.8, 4) is 0 Å². The van der Waals surface area contributed by atoms with E-state index in [9.17, 15) is 14.4 Å². The average Bonchev–Trinajstić information content (AvgIpc) is 3.53. The maximum Gasteiger partial charge on any atom is 0.411 e. The minimum atomic E-state index is -0.844. The van der Waals surface area contributed by atoms with Crippen molar-refractivity contribution >= 4 is 17.8 Å². The zero-order chi connectivity index (χ0) is 27.2. The van der Waals surface area contributed by atoms with Gasteiger partial charge in [-0.15, -0.1) is 0 Å². The lowest BCUT2D eigenvalue weighted by Gasteiger charge is -2.36. The van der Waals surface area contributed by atoms with E-state index in [4.69, 9.17) is 15.2 Å². The van der Waals surface area contributed by atoms with Crippen molar-refractivity contribution in [2.45, 2.75) is 88.9 Å². The molecule has 3 aliphatic heterocycles. The smallest absolute Gasteiger partial charge is 0.411 e. The van der Waals surface area contributed by atoms with Crippen LogP contribution in [0.1, 0.15) is 69.9 Å². The lowest BCUT2D eigenvalue weighted by molar-refractivity contribution is -0.131. The molecular formula is C29H40FN3O5. The molecule has 3 heterocycles. The summed E-state index contributed by atoms with van der Waals surface area (Å²) < 4.78 is 26.1. The number of Topliss-reactive ketones (excluding diaryl/α,β-unsaturated/α-hetero) is 1. The fraction of sp³-hybridized carbons (Fsp3) is 0.690. The Morgan fingerprint density at radius 2 is 1.92 bits per heavy atom. The summed E-state index contributed by atoms with van der Waals surface area (Å²) in [6, 6.07) is 5.06. The van der Waals surface area contributed by atoms with Crippen LogP contribution in [0.2, 0.25) is 0 Å². The quantitative estimate of drug-likeness (QED) is 0.554. The van der Waals surface area contributed by atoms with E-state index in [1.54, 1.807) is 37.8 Å². The number of amides is 2. The van der Waals surface area contributed by atoms with Crippen LogP contribution in [0.15, 0.2) is 18.2 Å². The highest BCUT2D eigenvalue weighted by atomic mass is 19.1. The summed E-state index contributed by atoms with van der Waals surface area (Å²) in [5, 5.41) is 0. The molecule has 1 saturated carbocycles. The highest BCUT2D eigenvalue weighted by Gasteiger charge is 2.52. The molecular weight excluding hydrogens is 489 g/mol. The number of carbonyl (C=O) groups excluding carboxylic acids is 3. The molecule has 0 spiro atoms. The summed E-state index contributed by atoms with van der Waals surface area (Å²) in [4.78, 5) is 42.8. The lowest BCUT2D eigenvalue weighted by Crippen LogP contribution is -2.51. The van der Waals surface area contributed by atoms with Crippen LogP contribution in [0.3, 0.4) is 0 Å². The second-order valence-corrected chi connectivity index (χ2v) is 12.6. The maximum absolute atomic E-state index is 15.2. The molecule has 0 aromatic heterocycles. The number of ketones is 1. The first-order valence-electron chi connectivity index (χ1n) is 13.9. The summed E-state index contributed by atoms with van der Waals surface area (Å²) in [6.07, 6.45) is 2.89. The number of piperidine rings is 1. The lowest BCUT2D eigenvalue weighted by atomic mass is 9.86. The Morgan fingerprint density at radius 3 is 2.55 bits per heavy atom. The van der Waals surface area contributed by atoms with Crippen LogP contribution in [0.25, 0.3) is 0 Å². The molecule has 4 aliphatic rings. The van der Waals surface area contributed by atoms with Crippen LogP contribution in [-0.2, 0) is 25.5 Å². The van der Waals surface area contributed by atoms with Crippen molar-refractivity contribution in [1.82, 2.24) is 9.80 Å². The number of carbonyl (C=O) groups is 3. The van der Waals surface area contributed by atoms with Gasteiger partial charge in [0.05, 0.1) is 25.3 Å². The summed E-state index contributed by atoms with van der Waals surface area (Å²) in [7, 11) is 0. The molecule has 1 aromatic carbocycles. The zero-order valence-electron chi connectivity index (χ0n) is 22.7. The van der Waals surface area contributed by atoms with Crippen molar-refractivity contribution in [1.29, 1.82) is 0 Å². The third-order valence-corrected chi connectivity index (χ3v) is 8.74. The van der Waals surface area contributed by atoms with Gasteiger partial charge < -0.3 is 15.2 Å². The van der Waals surface area contributed by atoms with Crippen molar-refractivity contribution in [2.75, 3.05) is 26.3 Å². The molecule has 0 radical (unpaired) electrons. The highest BCUT2D eigenvalue weighted by molar-refractivity contribution is 5.92. The number of halogens is 1. The topological polar surface area (TPSA) is 102 Å². The molecule has 1 unspecified atom stereocenters. The Kier molecular flexibility index (Phi) is 7.52. The van der Waals surface area contributed by atoms with Crippen LogP contribution >= 0.6 is 0 Å². The van der Waals surface area contributed by atoms with E-state index in [2.05, 4.69) is 4.90 Å². The molecule has 9 heteroatoms. The van der Waals surface area contributed by atoms with E-state index in [-0.39, 0.29) is 42.3 Å². The Balaban J connectivity index is 1.24. The van der Waals surface area contributed by atoms with E-state index >= 15 is 4.39 Å². The second kappa shape index (κ2) is 10.6. The number of nitrogens with two attached hydrogens (primary N) is 1. The van der Waals surface area contributed by atoms with Crippen LogP contribution in [0, 0.1) is 17.7 Å². The van der Waals surface area contributed by atoms with Gasteiger partial charge >= 0.3 is 6.09 Å². The van der Waals surface area contributed by atoms with Crippen LogP contribution in [0.4, 0.5) is 9.18 Å². The van der Waals surface area contributed by atoms with E-state index in [0.717, 1.165) is 57.6 Å². The second-order valence-electron chi connectivity index (χ2n) is 12.6.